The molecule has 0 atom stereocenters. The van der Waals surface area contributed by atoms with Crippen molar-refractivity contribution >= 4 is 21.4 Å². The summed E-state index contributed by atoms with van der Waals surface area (Å²) < 4.78 is 31.5. The average Bonchev–Trinajstić information content (AvgIpc) is 3.22. The van der Waals surface area contributed by atoms with Crippen LogP contribution in [0, 0.1) is 0 Å². The minimum atomic E-state index is -3.54. The summed E-state index contributed by atoms with van der Waals surface area (Å²) in [6.07, 6.45) is 0.971. The van der Waals surface area contributed by atoms with Crippen molar-refractivity contribution in [2.75, 3.05) is 31.3 Å². The summed E-state index contributed by atoms with van der Waals surface area (Å²) >= 11 is 0. The lowest BCUT2D eigenvalue weighted by Crippen LogP contribution is -2.22. The molecule has 1 heterocycles. The molecule has 0 aliphatic heterocycles. The number of nitrogens with zero attached hydrogens (tertiary/aromatic N) is 3. The van der Waals surface area contributed by atoms with Crippen molar-refractivity contribution in [3.05, 3.63) is 53.9 Å². The molecule has 0 aliphatic carbocycles. The van der Waals surface area contributed by atoms with Crippen LogP contribution in [0.2, 0.25) is 0 Å². The number of rotatable bonds is 9. The van der Waals surface area contributed by atoms with E-state index in [1.54, 1.807) is 18.2 Å². The Morgan fingerprint density at radius 3 is 2.37 bits per heavy atom. The van der Waals surface area contributed by atoms with Gasteiger partial charge in [0, 0.05) is 26.2 Å². The number of nitrogens with one attached hydrogen (secondary N) is 2. The van der Waals surface area contributed by atoms with Crippen LogP contribution in [0.15, 0.2) is 51.9 Å². The molecular weight excluding hydrogens is 402 g/mol. The Balaban J connectivity index is 1.79. The van der Waals surface area contributed by atoms with E-state index in [4.69, 9.17) is 4.52 Å². The minimum absolute atomic E-state index is 0.207. The van der Waals surface area contributed by atoms with Gasteiger partial charge in [0.05, 0.1) is 22.8 Å². The molecule has 0 radical (unpaired) electrons. The molecule has 8 nitrogen and oxygen atoms in total. The zero-order valence-electron chi connectivity index (χ0n) is 17.6. The van der Waals surface area contributed by atoms with Gasteiger partial charge in [0.15, 0.2) is 0 Å². The molecule has 0 unspecified atom stereocenters. The number of sulfonamides is 1. The van der Waals surface area contributed by atoms with Gasteiger partial charge in [-0.15, -0.1) is 0 Å². The molecular formula is C21H27N5O3S. The van der Waals surface area contributed by atoms with Crippen LogP contribution in [-0.2, 0) is 23.0 Å². The highest BCUT2D eigenvalue weighted by atomic mass is 32.2. The third-order valence-corrected chi connectivity index (χ3v) is 6.47. The molecule has 9 heteroatoms. The summed E-state index contributed by atoms with van der Waals surface area (Å²) in [6, 6.07) is 13.0. The largest absolute Gasteiger partial charge is 0.384 e. The number of aryl methyl sites for hydroxylation is 1. The number of hydrogen-bond donors (Lipinski definition) is 2. The lowest BCUT2D eigenvalue weighted by molar-refractivity contribution is 0.384. The Labute approximate surface area is 177 Å². The van der Waals surface area contributed by atoms with Gasteiger partial charge in [0.1, 0.15) is 0 Å². The number of hydrogen-bond acceptors (Lipinski definition) is 7. The molecule has 0 spiro atoms. The van der Waals surface area contributed by atoms with E-state index in [1.807, 2.05) is 31.2 Å². The van der Waals surface area contributed by atoms with E-state index in [0.717, 1.165) is 17.7 Å². The molecule has 2 aromatic carbocycles. The van der Waals surface area contributed by atoms with Crippen molar-refractivity contribution in [2.24, 2.45) is 0 Å². The molecule has 160 valence electrons. The van der Waals surface area contributed by atoms with E-state index < -0.39 is 10.0 Å². The topological polar surface area (TPSA) is 100 Å². The van der Waals surface area contributed by atoms with Gasteiger partial charge in [-0.25, -0.2) is 12.7 Å². The van der Waals surface area contributed by atoms with Crippen LogP contribution in [0.5, 0.6) is 0 Å². The quantitative estimate of drug-likeness (QED) is 0.536. The van der Waals surface area contributed by atoms with Crippen LogP contribution in [0.3, 0.4) is 0 Å². The van der Waals surface area contributed by atoms with Crippen LogP contribution >= 0.6 is 0 Å². The highest BCUT2D eigenvalue weighted by Crippen LogP contribution is 2.27. The van der Waals surface area contributed by atoms with Gasteiger partial charge in [0.25, 0.3) is 0 Å². The Bertz CT molecular complexity index is 1090. The van der Waals surface area contributed by atoms with Crippen molar-refractivity contribution < 1.29 is 12.9 Å². The first-order chi connectivity index (χ1) is 14.3. The summed E-state index contributed by atoms with van der Waals surface area (Å²) in [7, 11) is -0.522. The maximum absolute atomic E-state index is 12.5. The highest BCUT2D eigenvalue weighted by molar-refractivity contribution is 7.89. The number of aromatic nitrogens is 2. The summed E-state index contributed by atoms with van der Waals surface area (Å²) in [5.74, 6) is 0.929. The summed E-state index contributed by atoms with van der Waals surface area (Å²) in [4.78, 5) is 4.65. The highest BCUT2D eigenvalue weighted by Gasteiger charge is 2.19. The van der Waals surface area contributed by atoms with E-state index in [2.05, 4.69) is 27.7 Å². The second kappa shape index (κ2) is 9.27. The first-order valence-corrected chi connectivity index (χ1v) is 11.2. The van der Waals surface area contributed by atoms with Crippen LogP contribution in [-0.4, -0.2) is 43.5 Å². The molecule has 1 aromatic heterocycles. The van der Waals surface area contributed by atoms with Gasteiger partial charge in [0.2, 0.25) is 21.7 Å². The second-order valence-corrected chi connectivity index (χ2v) is 9.09. The predicted octanol–water partition coefficient (Wildman–Crippen LogP) is 3.59. The van der Waals surface area contributed by atoms with Gasteiger partial charge < -0.3 is 15.2 Å². The summed E-state index contributed by atoms with van der Waals surface area (Å²) in [5.41, 5.74) is 3.57. The molecule has 0 saturated carbocycles. The van der Waals surface area contributed by atoms with E-state index in [1.165, 1.54) is 24.0 Å². The van der Waals surface area contributed by atoms with Crippen molar-refractivity contribution in [3.8, 4) is 11.4 Å². The average molecular weight is 430 g/mol. The van der Waals surface area contributed by atoms with Crippen molar-refractivity contribution in [1.29, 1.82) is 0 Å². The van der Waals surface area contributed by atoms with E-state index in [0.29, 0.717) is 23.9 Å². The first kappa shape index (κ1) is 21.8. The van der Waals surface area contributed by atoms with Crippen molar-refractivity contribution in [1.82, 2.24) is 14.4 Å². The monoisotopic (exact) mass is 429 g/mol. The third-order valence-electron chi connectivity index (χ3n) is 4.66. The summed E-state index contributed by atoms with van der Waals surface area (Å²) in [5, 5.41) is 10.5. The fourth-order valence-electron chi connectivity index (χ4n) is 2.89. The molecule has 0 aliphatic rings. The molecule has 3 rings (SSSR count). The lowest BCUT2D eigenvalue weighted by Gasteiger charge is -2.16. The Hall–Kier alpha value is -2.91. The SMILES string of the molecule is CCNc1ccc(S(=O)(=O)N(C)C)cc1NCc1nc(-c2ccc(CC)cc2)no1. The lowest BCUT2D eigenvalue weighted by atomic mass is 10.1. The molecule has 2 N–H and O–H groups in total. The van der Waals surface area contributed by atoms with Crippen molar-refractivity contribution in [2.45, 2.75) is 31.7 Å². The normalized spacial score (nSPS) is 11.6. The fourth-order valence-corrected chi connectivity index (χ4v) is 3.82. The standard InChI is InChI=1S/C21H27N5O3S/c1-5-15-7-9-16(10-8-15)21-24-20(29-25-21)14-23-19-13-17(30(27,28)26(3)4)11-12-18(19)22-6-2/h7-13,22-23H,5-6,14H2,1-4H3. The van der Waals surface area contributed by atoms with Crippen LogP contribution < -0.4 is 10.6 Å². The van der Waals surface area contributed by atoms with Gasteiger partial charge in [-0.2, -0.15) is 4.98 Å². The summed E-state index contributed by atoms with van der Waals surface area (Å²) in [6.45, 7) is 5.05. The van der Waals surface area contributed by atoms with Gasteiger partial charge in [-0.1, -0.05) is 36.3 Å². The fraction of sp³-hybridized carbons (Fsp3) is 0.333. The minimum Gasteiger partial charge on any atom is -0.384 e. The van der Waals surface area contributed by atoms with Crippen LogP contribution in [0.25, 0.3) is 11.4 Å². The maximum Gasteiger partial charge on any atom is 0.246 e. The van der Waals surface area contributed by atoms with E-state index in [9.17, 15) is 8.42 Å². The molecule has 0 saturated heterocycles. The molecule has 30 heavy (non-hydrogen) atoms. The van der Waals surface area contributed by atoms with Gasteiger partial charge in [-0.05, 0) is 37.1 Å². The van der Waals surface area contributed by atoms with Gasteiger partial charge in [-0.3, -0.25) is 0 Å². The second-order valence-electron chi connectivity index (χ2n) is 6.94. The smallest absolute Gasteiger partial charge is 0.246 e. The van der Waals surface area contributed by atoms with Crippen LogP contribution in [0.1, 0.15) is 25.3 Å². The van der Waals surface area contributed by atoms with E-state index in [-0.39, 0.29) is 11.4 Å². The number of anilines is 2. The van der Waals surface area contributed by atoms with Crippen molar-refractivity contribution in [3.63, 3.8) is 0 Å². The third kappa shape index (κ3) is 4.80. The Morgan fingerprint density at radius 2 is 1.73 bits per heavy atom. The predicted molar refractivity (Wildman–Crippen MR) is 118 cm³/mol. The first-order valence-electron chi connectivity index (χ1n) is 9.81. The maximum atomic E-state index is 12.5. The van der Waals surface area contributed by atoms with E-state index >= 15 is 0 Å². The number of benzene rings is 2. The van der Waals surface area contributed by atoms with Crippen LogP contribution in [0.4, 0.5) is 11.4 Å². The molecule has 0 bridgehead atoms. The molecule has 0 fully saturated rings. The Kier molecular flexibility index (Phi) is 6.73. The zero-order valence-corrected chi connectivity index (χ0v) is 18.5. The zero-order chi connectivity index (χ0) is 21.7. The Morgan fingerprint density at radius 1 is 1.00 bits per heavy atom. The van der Waals surface area contributed by atoms with Gasteiger partial charge >= 0.3 is 0 Å². The molecule has 3 aromatic rings. The molecule has 0 amide bonds.